The second kappa shape index (κ2) is 8.38. The van der Waals surface area contributed by atoms with E-state index in [2.05, 4.69) is 15.3 Å². The first-order valence-electron chi connectivity index (χ1n) is 8.72. The van der Waals surface area contributed by atoms with Crippen molar-refractivity contribution >= 4 is 34.0 Å². The zero-order valence-corrected chi connectivity index (χ0v) is 16.7. The van der Waals surface area contributed by atoms with Gasteiger partial charge in [-0.1, -0.05) is 35.9 Å². The largest absolute Gasteiger partial charge is 0.310 e. The van der Waals surface area contributed by atoms with Crippen LogP contribution in [0.1, 0.15) is 15.9 Å². The van der Waals surface area contributed by atoms with E-state index in [4.69, 9.17) is 11.6 Å². The van der Waals surface area contributed by atoms with Crippen LogP contribution >= 0.6 is 22.9 Å². The van der Waals surface area contributed by atoms with Gasteiger partial charge in [0, 0.05) is 28.9 Å². The van der Waals surface area contributed by atoms with Crippen LogP contribution in [0.5, 0.6) is 0 Å². The molecule has 0 fully saturated rings. The highest BCUT2D eigenvalue weighted by Gasteiger charge is 2.12. The molecule has 8 heteroatoms. The van der Waals surface area contributed by atoms with Gasteiger partial charge in [-0.2, -0.15) is 0 Å². The molecule has 4 aromatic rings. The molecule has 144 valence electrons. The van der Waals surface area contributed by atoms with Crippen LogP contribution in [0.3, 0.4) is 0 Å². The number of rotatable bonds is 5. The van der Waals surface area contributed by atoms with Crippen molar-refractivity contribution in [2.45, 2.75) is 6.54 Å². The Morgan fingerprint density at radius 3 is 2.69 bits per heavy atom. The van der Waals surface area contributed by atoms with Gasteiger partial charge in [-0.15, -0.1) is 11.3 Å². The van der Waals surface area contributed by atoms with E-state index < -0.39 is 0 Å². The average Bonchev–Trinajstić information content (AvgIpc) is 3.20. The number of carbonyl (C=O) groups excluding carboxylic acids is 1. The van der Waals surface area contributed by atoms with E-state index in [9.17, 15) is 9.59 Å². The summed E-state index contributed by atoms with van der Waals surface area (Å²) < 4.78 is 1.46. The minimum atomic E-state index is -0.347. The Kier molecular flexibility index (Phi) is 5.50. The van der Waals surface area contributed by atoms with Crippen molar-refractivity contribution in [3.8, 4) is 11.4 Å². The fourth-order valence-corrected chi connectivity index (χ4v) is 3.63. The lowest BCUT2D eigenvalue weighted by Crippen LogP contribution is -2.22. The first kappa shape index (κ1) is 19.0. The molecule has 0 aliphatic heterocycles. The van der Waals surface area contributed by atoms with Crippen LogP contribution in [0.15, 0.2) is 77.2 Å². The minimum absolute atomic E-state index is 0.215. The predicted molar refractivity (Wildman–Crippen MR) is 115 cm³/mol. The fraction of sp³-hybridized carbons (Fsp3) is 0.0476. The molecule has 0 saturated carbocycles. The molecule has 0 atom stereocenters. The van der Waals surface area contributed by atoms with Crippen LogP contribution in [0.2, 0.25) is 5.02 Å². The molecule has 1 amide bonds. The second-order valence-electron chi connectivity index (χ2n) is 6.18. The maximum absolute atomic E-state index is 12.6. The van der Waals surface area contributed by atoms with E-state index in [1.807, 2.05) is 41.8 Å². The summed E-state index contributed by atoms with van der Waals surface area (Å²) in [4.78, 5) is 33.5. The molecule has 0 spiro atoms. The number of aromatic nitrogens is 3. The Labute approximate surface area is 175 Å². The van der Waals surface area contributed by atoms with E-state index in [-0.39, 0.29) is 18.0 Å². The Morgan fingerprint density at radius 1 is 1.07 bits per heavy atom. The highest BCUT2D eigenvalue weighted by Crippen LogP contribution is 2.23. The number of thiazole rings is 1. The van der Waals surface area contributed by atoms with Crippen LogP contribution in [0.4, 0.5) is 5.13 Å². The van der Waals surface area contributed by atoms with Crippen LogP contribution in [-0.2, 0) is 6.54 Å². The Bertz CT molecular complexity index is 1220. The first-order chi connectivity index (χ1) is 14.1. The second-order valence-corrected chi connectivity index (χ2v) is 7.45. The molecule has 6 nitrogen and oxygen atoms in total. The lowest BCUT2D eigenvalue weighted by atomic mass is 10.2. The lowest BCUT2D eigenvalue weighted by Gasteiger charge is -2.09. The molecule has 0 saturated heterocycles. The number of amides is 1. The molecule has 0 radical (unpaired) electrons. The van der Waals surface area contributed by atoms with E-state index in [1.54, 1.807) is 12.3 Å². The van der Waals surface area contributed by atoms with Gasteiger partial charge in [0.15, 0.2) is 5.13 Å². The van der Waals surface area contributed by atoms with Gasteiger partial charge in [-0.05, 0) is 29.8 Å². The summed E-state index contributed by atoms with van der Waals surface area (Å²) in [5, 5.41) is 5.63. The molecular weight excluding hydrogens is 408 g/mol. The van der Waals surface area contributed by atoms with Crippen molar-refractivity contribution < 1.29 is 4.79 Å². The van der Waals surface area contributed by atoms with Gasteiger partial charge < -0.3 is 4.57 Å². The van der Waals surface area contributed by atoms with Gasteiger partial charge >= 0.3 is 0 Å². The Hall–Kier alpha value is -3.29. The topological polar surface area (TPSA) is 76.9 Å². The number of benzene rings is 1. The van der Waals surface area contributed by atoms with Crippen LogP contribution < -0.4 is 10.9 Å². The van der Waals surface area contributed by atoms with Crippen molar-refractivity contribution in [1.29, 1.82) is 0 Å². The Balaban J connectivity index is 1.53. The summed E-state index contributed by atoms with van der Waals surface area (Å²) in [7, 11) is 0. The first-order valence-corrected chi connectivity index (χ1v) is 9.98. The monoisotopic (exact) mass is 422 g/mol. The fourth-order valence-electron chi connectivity index (χ4n) is 2.73. The third kappa shape index (κ3) is 4.42. The summed E-state index contributed by atoms with van der Waals surface area (Å²) in [6.07, 6.45) is 3.21. The molecular formula is C21H15ClN4O2S. The van der Waals surface area contributed by atoms with Gasteiger partial charge in [0.25, 0.3) is 11.5 Å². The number of hydrogen-bond donors (Lipinski definition) is 1. The van der Waals surface area contributed by atoms with Gasteiger partial charge in [-0.25, -0.2) is 4.98 Å². The molecule has 3 heterocycles. The summed E-state index contributed by atoms with van der Waals surface area (Å²) >= 11 is 7.49. The summed E-state index contributed by atoms with van der Waals surface area (Å²) in [5.74, 6) is -0.347. The lowest BCUT2D eigenvalue weighted by molar-refractivity contribution is 0.102. The molecule has 1 aromatic carbocycles. The number of carbonyl (C=O) groups is 1. The summed E-state index contributed by atoms with van der Waals surface area (Å²) in [5.41, 5.74) is 2.36. The quantitative estimate of drug-likeness (QED) is 0.519. The maximum Gasteiger partial charge on any atom is 0.258 e. The van der Waals surface area contributed by atoms with E-state index >= 15 is 0 Å². The normalized spacial score (nSPS) is 10.7. The van der Waals surface area contributed by atoms with Crippen molar-refractivity contribution in [2.24, 2.45) is 0 Å². The maximum atomic E-state index is 12.6. The number of hydrogen-bond acceptors (Lipinski definition) is 5. The molecule has 0 unspecified atom stereocenters. The van der Waals surface area contributed by atoms with Crippen molar-refractivity contribution in [2.75, 3.05) is 5.32 Å². The Morgan fingerprint density at radius 2 is 1.90 bits per heavy atom. The van der Waals surface area contributed by atoms with E-state index in [0.717, 1.165) is 11.3 Å². The molecule has 3 aromatic heterocycles. The number of nitrogens with zero attached hydrogens (tertiary/aromatic N) is 3. The molecule has 4 rings (SSSR count). The highest BCUT2D eigenvalue weighted by molar-refractivity contribution is 7.14. The van der Waals surface area contributed by atoms with Crippen LogP contribution in [0.25, 0.3) is 11.4 Å². The molecule has 0 bridgehead atoms. The number of nitrogens with one attached hydrogen (secondary N) is 1. The third-order valence-corrected chi connectivity index (χ3v) is 5.32. The standard InChI is InChI=1S/C21H15ClN4O2S/c22-16-6-2-1-5-14(16)11-26-12-15(8-9-19(26)27)20(28)25-21-24-18(13-29-21)17-7-3-4-10-23-17/h1-10,12-13H,11H2,(H,24,25,28). The SMILES string of the molecule is O=C(Nc1nc(-c2ccccn2)cs1)c1ccc(=O)n(Cc2ccccc2Cl)c1. The van der Waals surface area contributed by atoms with Crippen molar-refractivity contribution in [3.05, 3.63) is 98.9 Å². The van der Waals surface area contributed by atoms with Crippen molar-refractivity contribution in [1.82, 2.24) is 14.5 Å². The minimum Gasteiger partial charge on any atom is -0.310 e. The molecule has 0 aliphatic carbocycles. The summed E-state index contributed by atoms with van der Waals surface area (Å²) in [6, 6.07) is 15.7. The van der Waals surface area contributed by atoms with E-state index in [1.165, 1.54) is 34.2 Å². The number of halogens is 1. The smallest absolute Gasteiger partial charge is 0.258 e. The van der Waals surface area contributed by atoms with Gasteiger partial charge in [0.05, 0.1) is 17.8 Å². The van der Waals surface area contributed by atoms with Gasteiger partial charge in [0.1, 0.15) is 5.69 Å². The zero-order chi connectivity index (χ0) is 20.2. The molecule has 0 aliphatic rings. The average molecular weight is 423 g/mol. The zero-order valence-electron chi connectivity index (χ0n) is 15.1. The van der Waals surface area contributed by atoms with Crippen molar-refractivity contribution in [3.63, 3.8) is 0 Å². The number of pyridine rings is 2. The highest BCUT2D eigenvalue weighted by atomic mass is 35.5. The molecule has 29 heavy (non-hydrogen) atoms. The van der Waals surface area contributed by atoms with Gasteiger partial charge in [-0.3, -0.25) is 19.9 Å². The number of anilines is 1. The third-order valence-electron chi connectivity index (χ3n) is 4.20. The van der Waals surface area contributed by atoms with E-state index in [0.29, 0.717) is 21.4 Å². The van der Waals surface area contributed by atoms with Crippen LogP contribution in [-0.4, -0.2) is 20.4 Å². The predicted octanol–water partition coefficient (Wildman–Crippen LogP) is 4.32. The summed E-state index contributed by atoms with van der Waals surface area (Å²) in [6.45, 7) is 0.278. The van der Waals surface area contributed by atoms with Gasteiger partial charge in [0.2, 0.25) is 0 Å². The van der Waals surface area contributed by atoms with Crippen LogP contribution in [0, 0.1) is 0 Å². The molecule has 1 N–H and O–H groups in total.